The van der Waals surface area contributed by atoms with Crippen molar-refractivity contribution in [3.8, 4) is 5.75 Å². The summed E-state index contributed by atoms with van der Waals surface area (Å²) in [5.74, 6) is -0.553. The van der Waals surface area contributed by atoms with Crippen molar-refractivity contribution in [3.63, 3.8) is 0 Å². The first kappa shape index (κ1) is 22.8. The highest BCUT2D eigenvalue weighted by Crippen LogP contribution is 2.28. The fourth-order valence-electron chi connectivity index (χ4n) is 4.19. The molecule has 4 amide bonds. The maximum Gasteiger partial charge on any atom is 0.255 e. The molecule has 1 saturated heterocycles. The van der Waals surface area contributed by atoms with Crippen LogP contribution in [-0.2, 0) is 33.9 Å². The molecule has 9 heteroatoms. The van der Waals surface area contributed by atoms with Gasteiger partial charge in [0.2, 0.25) is 17.7 Å². The average molecular weight is 470 g/mol. The molecule has 1 atom stereocenters. The van der Waals surface area contributed by atoms with Gasteiger partial charge in [0, 0.05) is 25.1 Å². The number of hydrogen-bond donors (Lipinski definition) is 2. The van der Waals surface area contributed by atoms with E-state index < -0.39 is 11.9 Å². The smallest absolute Gasteiger partial charge is 0.255 e. The first-order valence-corrected chi connectivity index (χ1v) is 11.1. The van der Waals surface area contributed by atoms with Crippen molar-refractivity contribution in [1.29, 1.82) is 0 Å². The minimum Gasteiger partial charge on any atom is -0.495 e. The topological polar surface area (TPSA) is 105 Å². The summed E-state index contributed by atoms with van der Waals surface area (Å²) in [5, 5.41) is 5.68. The van der Waals surface area contributed by atoms with E-state index in [1.54, 1.807) is 30.3 Å². The number of carbonyl (C=O) groups excluding carboxylic acids is 4. The summed E-state index contributed by atoms with van der Waals surface area (Å²) in [6, 6.07) is 9.94. The fourth-order valence-corrected chi connectivity index (χ4v) is 4.47. The molecule has 172 valence electrons. The molecule has 2 heterocycles. The lowest BCUT2D eigenvalue weighted by Gasteiger charge is -2.24. The van der Waals surface area contributed by atoms with Gasteiger partial charge in [0.05, 0.1) is 18.6 Å². The summed E-state index contributed by atoms with van der Waals surface area (Å²) in [7, 11) is 1.53. The Kier molecular flexibility index (Phi) is 6.65. The number of carbonyl (C=O) groups is 4. The van der Waals surface area contributed by atoms with Crippen molar-refractivity contribution in [2.75, 3.05) is 7.11 Å². The van der Waals surface area contributed by atoms with Gasteiger partial charge >= 0.3 is 0 Å². The Bertz CT molecular complexity index is 1130. The van der Waals surface area contributed by atoms with E-state index in [9.17, 15) is 19.2 Å². The second kappa shape index (κ2) is 9.62. The zero-order valence-electron chi connectivity index (χ0n) is 18.2. The zero-order chi connectivity index (χ0) is 23.5. The monoisotopic (exact) mass is 469 g/mol. The minimum absolute atomic E-state index is 0.158. The largest absolute Gasteiger partial charge is 0.495 e. The van der Waals surface area contributed by atoms with E-state index in [-0.39, 0.29) is 30.6 Å². The normalized spacial score (nSPS) is 17.9. The van der Waals surface area contributed by atoms with Crippen LogP contribution in [0.3, 0.4) is 0 Å². The predicted octanol–water partition coefficient (Wildman–Crippen LogP) is 2.36. The van der Waals surface area contributed by atoms with Gasteiger partial charge in [-0.2, -0.15) is 0 Å². The molecule has 1 unspecified atom stereocenters. The van der Waals surface area contributed by atoms with Gasteiger partial charge in [0.15, 0.2) is 0 Å². The first-order chi connectivity index (χ1) is 15.9. The zero-order valence-corrected chi connectivity index (χ0v) is 18.9. The Morgan fingerprint density at radius 3 is 2.73 bits per heavy atom. The Labute approximate surface area is 196 Å². The van der Waals surface area contributed by atoms with Crippen LogP contribution >= 0.6 is 11.6 Å². The van der Waals surface area contributed by atoms with Crippen LogP contribution in [0.5, 0.6) is 5.75 Å². The molecule has 2 aromatic carbocycles. The van der Waals surface area contributed by atoms with E-state index >= 15 is 0 Å². The van der Waals surface area contributed by atoms with Crippen LogP contribution < -0.4 is 15.4 Å². The van der Waals surface area contributed by atoms with Gasteiger partial charge in [0.25, 0.3) is 5.91 Å². The fraction of sp³-hybridized carbons (Fsp3) is 0.333. The number of methoxy groups -OCH3 is 1. The number of nitrogens with zero attached hydrogens (tertiary/aromatic N) is 1. The van der Waals surface area contributed by atoms with Crippen molar-refractivity contribution in [2.24, 2.45) is 0 Å². The number of hydrogen-bond acceptors (Lipinski definition) is 5. The standard InChI is InChI=1S/C24H24ClN3O5/c1-33-20-8-6-14(10-18(20)25)11-22(30)26-12-15-5-7-17-16(9-15)13-28(24(17)32)19-3-2-4-21(29)27-23(19)31/h5-10,19H,2-4,11-13H2,1H3,(H,26,30)(H,27,29,31). The van der Waals surface area contributed by atoms with Gasteiger partial charge in [-0.15, -0.1) is 0 Å². The van der Waals surface area contributed by atoms with Crippen LogP contribution in [0.2, 0.25) is 5.02 Å². The molecule has 0 aromatic heterocycles. The van der Waals surface area contributed by atoms with Crippen LogP contribution in [0.4, 0.5) is 0 Å². The highest BCUT2D eigenvalue weighted by atomic mass is 35.5. The van der Waals surface area contributed by atoms with E-state index in [1.165, 1.54) is 12.0 Å². The molecule has 0 radical (unpaired) electrons. The van der Waals surface area contributed by atoms with Crippen LogP contribution in [-0.4, -0.2) is 41.7 Å². The van der Waals surface area contributed by atoms with Gasteiger partial charge in [-0.25, -0.2) is 0 Å². The highest BCUT2D eigenvalue weighted by Gasteiger charge is 2.37. The van der Waals surface area contributed by atoms with Crippen molar-refractivity contribution >= 4 is 35.2 Å². The van der Waals surface area contributed by atoms with Gasteiger partial charge in [-0.05, 0) is 47.7 Å². The molecule has 0 aliphatic carbocycles. The van der Waals surface area contributed by atoms with Crippen molar-refractivity contribution < 1.29 is 23.9 Å². The van der Waals surface area contributed by atoms with Crippen LogP contribution in [0.25, 0.3) is 0 Å². The number of imide groups is 1. The maximum absolute atomic E-state index is 12.9. The van der Waals surface area contributed by atoms with Gasteiger partial charge in [-0.3, -0.25) is 24.5 Å². The molecule has 2 aromatic rings. The van der Waals surface area contributed by atoms with Crippen molar-refractivity contribution in [2.45, 2.75) is 44.8 Å². The Morgan fingerprint density at radius 1 is 1.18 bits per heavy atom. The van der Waals surface area contributed by atoms with E-state index in [2.05, 4.69) is 10.6 Å². The predicted molar refractivity (Wildman–Crippen MR) is 121 cm³/mol. The third-order valence-corrected chi connectivity index (χ3v) is 6.19. The number of benzene rings is 2. The minimum atomic E-state index is -0.657. The van der Waals surface area contributed by atoms with E-state index in [0.29, 0.717) is 42.3 Å². The lowest BCUT2D eigenvalue weighted by Crippen LogP contribution is -2.46. The number of amides is 4. The van der Waals surface area contributed by atoms with Crippen LogP contribution in [0.15, 0.2) is 36.4 Å². The summed E-state index contributed by atoms with van der Waals surface area (Å²) >= 11 is 6.12. The highest BCUT2D eigenvalue weighted by molar-refractivity contribution is 6.32. The van der Waals surface area contributed by atoms with E-state index in [1.807, 2.05) is 6.07 Å². The van der Waals surface area contributed by atoms with Crippen molar-refractivity contribution in [3.05, 3.63) is 63.7 Å². The third-order valence-electron chi connectivity index (χ3n) is 5.90. The Morgan fingerprint density at radius 2 is 1.97 bits per heavy atom. The SMILES string of the molecule is COc1ccc(CC(=O)NCc2ccc3c(c2)CN(C2CCCC(=O)NC2=O)C3=O)cc1Cl. The number of nitrogens with one attached hydrogen (secondary N) is 2. The molecule has 2 aliphatic rings. The molecular weight excluding hydrogens is 446 g/mol. The number of halogens is 1. The van der Waals surface area contributed by atoms with E-state index in [4.69, 9.17) is 16.3 Å². The maximum atomic E-state index is 12.9. The van der Waals surface area contributed by atoms with Gasteiger partial charge in [-0.1, -0.05) is 29.8 Å². The lowest BCUT2D eigenvalue weighted by atomic mass is 10.1. The Balaban J connectivity index is 1.38. The summed E-state index contributed by atoms with van der Waals surface area (Å²) in [4.78, 5) is 50.7. The summed E-state index contributed by atoms with van der Waals surface area (Å²) in [6.07, 6.45) is 1.47. The molecule has 0 bridgehead atoms. The molecular formula is C24H24ClN3O5. The third kappa shape index (κ3) is 5.01. The number of fused-ring (bicyclic) bond motifs is 1. The molecule has 0 spiro atoms. The van der Waals surface area contributed by atoms with Crippen LogP contribution in [0.1, 0.15) is 46.3 Å². The summed E-state index contributed by atoms with van der Waals surface area (Å²) in [5.41, 5.74) is 2.97. The molecule has 2 N–H and O–H groups in total. The second-order valence-electron chi connectivity index (χ2n) is 8.17. The molecule has 4 rings (SSSR count). The second-order valence-corrected chi connectivity index (χ2v) is 8.57. The van der Waals surface area contributed by atoms with E-state index in [0.717, 1.165) is 16.7 Å². The van der Waals surface area contributed by atoms with Crippen molar-refractivity contribution in [1.82, 2.24) is 15.5 Å². The molecule has 8 nitrogen and oxygen atoms in total. The quantitative estimate of drug-likeness (QED) is 0.632. The lowest BCUT2D eigenvalue weighted by molar-refractivity contribution is -0.132. The molecule has 2 aliphatic heterocycles. The first-order valence-electron chi connectivity index (χ1n) is 10.7. The van der Waals surface area contributed by atoms with Gasteiger partial charge in [0.1, 0.15) is 11.8 Å². The molecule has 33 heavy (non-hydrogen) atoms. The molecule has 1 fully saturated rings. The summed E-state index contributed by atoms with van der Waals surface area (Å²) in [6.45, 7) is 0.606. The average Bonchev–Trinajstić information content (AvgIpc) is 3.00. The van der Waals surface area contributed by atoms with Gasteiger partial charge < -0.3 is 15.0 Å². The van der Waals surface area contributed by atoms with Crippen LogP contribution in [0, 0.1) is 0 Å². The molecule has 0 saturated carbocycles. The number of ether oxygens (including phenoxy) is 1. The number of rotatable bonds is 6. The summed E-state index contributed by atoms with van der Waals surface area (Å²) < 4.78 is 5.12. The Hall–Kier alpha value is -3.39.